The molecule has 0 heterocycles. The number of rotatable bonds is 12. The molecule has 0 bridgehead atoms. The largest absolute Gasteiger partial charge is 0.491 e. The van der Waals surface area contributed by atoms with Gasteiger partial charge in [0.05, 0.1) is 0 Å². The van der Waals surface area contributed by atoms with Gasteiger partial charge in [-0.15, -0.1) is 0 Å². The van der Waals surface area contributed by atoms with Crippen LogP contribution in [0.1, 0.15) is 44.1 Å². The van der Waals surface area contributed by atoms with Crippen molar-refractivity contribution in [3.63, 3.8) is 0 Å². The van der Waals surface area contributed by atoms with Crippen LogP contribution in [-0.2, 0) is 6.54 Å². The summed E-state index contributed by atoms with van der Waals surface area (Å²) in [6.45, 7) is 4.13. The number of likely N-dealkylation sites (N-methyl/N-ethyl adjacent to an activating group) is 1. The van der Waals surface area contributed by atoms with E-state index in [0.29, 0.717) is 19.2 Å². The first-order valence-electron chi connectivity index (χ1n) is 10.9. The third-order valence-corrected chi connectivity index (χ3v) is 5.64. The quantitative estimate of drug-likeness (QED) is 0.593. The monoisotopic (exact) mass is 391 g/mol. The molecule has 5 nitrogen and oxygen atoms in total. The van der Waals surface area contributed by atoms with Gasteiger partial charge in [-0.25, -0.2) is 0 Å². The topological polar surface area (TPSA) is 39.2 Å². The van der Waals surface area contributed by atoms with Gasteiger partial charge in [-0.05, 0) is 78.2 Å². The van der Waals surface area contributed by atoms with E-state index in [2.05, 4.69) is 55.0 Å². The highest BCUT2D eigenvalue weighted by atomic mass is 16.5. The number of aliphatic hydroxyl groups is 1. The van der Waals surface area contributed by atoms with Crippen molar-refractivity contribution in [3.05, 3.63) is 29.8 Å². The number of hydrogen-bond donors (Lipinski definition) is 1. The van der Waals surface area contributed by atoms with Crippen molar-refractivity contribution in [3.8, 4) is 5.75 Å². The standard InChI is InChI=1S/C23H41N3O2/c1-24(2)14-9-15-25(3)17-20-10-8-13-23(16-20)28-19-22(27)18-26(4)21-11-6-5-7-12-21/h8,10,13,16,21-22,27H,5-7,9,11-12,14-15,17-19H2,1-4H3. The lowest BCUT2D eigenvalue weighted by atomic mass is 9.94. The first-order chi connectivity index (χ1) is 13.4. The summed E-state index contributed by atoms with van der Waals surface area (Å²) in [5.74, 6) is 0.846. The Bertz CT molecular complexity index is 546. The van der Waals surface area contributed by atoms with Crippen LogP contribution in [0.5, 0.6) is 5.75 Å². The van der Waals surface area contributed by atoms with Crippen LogP contribution >= 0.6 is 0 Å². The number of aliphatic hydroxyl groups excluding tert-OH is 1. The predicted octanol–water partition coefficient (Wildman–Crippen LogP) is 3.07. The van der Waals surface area contributed by atoms with Gasteiger partial charge in [0.1, 0.15) is 18.5 Å². The third-order valence-electron chi connectivity index (χ3n) is 5.64. The molecule has 1 aromatic carbocycles. The normalized spacial score (nSPS) is 16.9. The predicted molar refractivity (Wildman–Crippen MR) is 117 cm³/mol. The summed E-state index contributed by atoms with van der Waals surface area (Å²) >= 11 is 0. The molecule has 1 aliphatic rings. The van der Waals surface area contributed by atoms with Crippen molar-refractivity contribution in [2.24, 2.45) is 0 Å². The lowest BCUT2D eigenvalue weighted by molar-refractivity contribution is 0.0561. The zero-order valence-electron chi connectivity index (χ0n) is 18.4. The zero-order valence-corrected chi connectivity index (χ0v) is 18.4. The number of benzene rings is 1. The van der Waals surface area contributed by atoms with E-state index in [-0.39, 0.29) is 0 Å². The second kappa shape index (κ2) is 12.4. The Morgan fingerprint density at radius 3 is 2.54 bits per heavy atom. The molecule has 5 heteroatoms. The van der Waals surface area contributed by atoms with Crippen LogP contribution in [0.25, 0.3) is 0 Å². The smallest absolute Gasteiger partial charge is 0.119 e. The minimum Gasteiger partial charge on any atom is -0.491 e. The van der Waals surface area contributed by atoms with Crippen molar-refractivity contribution >= 4 is 0 Å². The minimum atomic E-state index is -0.454. The van der Waals surface area contributed by atoms with E-state index in [9.17, 15) is 5.11 Å². The van der Waals surface area contributed by atoms with Gasteiger partial charge in [-0.2, -0.15) is 0 Å². The Morgan fingerprint density at radius 1 is 1.07 bits per heavy atom. The summed E-state index contributed by atoms with van der Waals surface area (Å²) in [5.41, 5.74) is 1.25. The molecular weight excluding hydrogens is 350 g/mol. The van der Waals surface area contributed by atoms with Gasteiger partial charge in [-0.1, -0.05) is 31.4 Å². The van der Waals surface area contributed by atoms with Gasteiger partial charge >= 0.3 is 0 Å². The lowest BCUT2D eigenvalue weighted by Crippen LogP contribution is -2.40. The molecule has 1 unspecified atom stereocenters. The summed E-state index contributed by atoms with van der Waals surface area (Å²) in [4.78, 5) is 6.88. The number of nitrogens with zero attached hydrogens (tertiary/aromatic N) is 3. The minimum absolute atomic E-state index is 0.346. The highest BCUT2D eigenvalue weighted by Gasteiger charge is 2.20. The average molecular weight is 392 g/mol. The van der Waals surface area contributed by atoms with Gasteiger partial charge < -0.3 is 24.5 Å². The van der Waals surface area contributed by atoms with E-state index in [0.717, 1.165) is 25.4 Å². The molecule has 0 saturated heterocycles. The maximum Gasteiger partial charge on any atom is 0.119 e. The summed E-state index contributed by atoms with van der Waals surface area (Å²) in [6.07, 6.45) is 7.22. The van der Waals surface area contributed by atoms with Gasteiger partial charge in [0.25, 0.3) is 0 Å². The molecule has 0 aliphatic heterocycles. The van der Waals surface area contributed by atoms with Gasteiger partial charge in [-0.3, -0.25) is 0 Å². The van der Waals surface area contributed by atoms with Crippen LogP contribution in [0.15, 0.2) is 24.3 Å². The fourth-order valence-corrected chi connectivity index (χ4v) is 4.03. The van der Waals surface area contributed by atoms with Gasteiger partial charge in [0.2, 0.25) is 0 Å². The molecule has 1 aromatic rings. The van der Waals surface area contributed by atoms with Crippen LogP contribution in [0, 0.1) is 0 Å². The molecule has 0 radical (unpaired) electrons. The molecule has 2 rings (SSSR count). The summed E-state index contributed by atoms with van der Waals surface area (Å²) < 4.78 is 5.89. The van der Waals surface area contributed by atoms with Gasteiger partial charge in [0.15, 0.2) is 0 Å². The van der Waals surface area contributed by atoms with E-state index in [1.807, 2.05) is 12.1 Å². The van der Waals surface area contributed by atoms with Crippen LogP contribution in [0.3, 0.4) is 0 Å². The Labute approximate surface area is 172 Å². The maximum absolute atomic E-state index is 10.4. The Kier molecular flexibility index (Phi) is 10.3. The molecule has 0 amide bonds. The third kappa shape index (κ3) is 8.91. The number of hydrogen-bond acceptors (Lipinski definition) is 5. The van der Waals surface area contributed by atoms with E-state index in [4.69, 9.17) is 4.74 Å². The van der Waals surface area contributed by atoms with Crippen LogP contribution in [0.4, 0.5) is 0 Å². The molecule has 0 aromatic heterocycles. The Morgan fingerprint density at radius 2 is 1.82 bits per heavy atom. The first kappa shape index (κ1) is 23.1. The summed E-state index contributed by atoms with van der Waals surface area (Å²) in [7, 11) is 8.52. The van der Waals surface area contributed by atoms with E-state index in [1.165, 1.54) is 44.1 Å². The van der Waals surface area contributed by atoms with Crippen molar-refractivity contribution < 1.29 is 9.84 Å². The van der Waals surface area contributed by atoms with Crippen LogP contribution < -0.4 is 4.74 Å². The second-order valence-electron chi connectivity index (χ2n) is 8.74. The molecule has 1 saturated carbocycles. The fraction of sp³-hybridized carbons (Fsp3) is 0.739. The van der Waals surface area contributed by atoms with Crippen molar-refractivity contribution in [2.75, 3.05) is 54.4 Å². The van der Waals surface area contributed by atoms with Crippen molar-refractivity contribution in [1.29, 1.82) is 0 Å². The number of ether oxygens (including phenoxy) is 1. The molecule has 1 fully saturated rings. The fourth-order valence-electron chi connectivity index (χ4n) is 4.03. The molecule has 1 aliphatic carbocycles. The van der Waals surface area contributed by atoms with E-state index < -0.39 is 6.10 Å². The molecule has 160 valence electrons. The van der Waals surface area contributed by atoms with E-state index in [1.54, 1.807) is 0 Å². The Hall–Kier alpha value is -1.14. The highest BCUT2D eigenvalue weighted by molar-refractivity contribution is 5.28. The first-order valence-corrected chi connectivity index (χ1v) is 10.9. The van der Waals surface area contributed by atoms with Crippen molar-refractivity contribution in [1.82, 2.24) is 14.7 Å². The zero-order chi connectivity index (χ0) is 20.4. The molecule has 28 heavy (non-hydrogen) atoms. The van der Waals surface area contributed by atoms with E-state index >= 15 is 0 Å². The van der Waals surface area contributed by atoms with Gasteiger partial charge in [0, 0.05) is 19.1 Å². The second-order valence-corrected chi connectivity index (χ2v) is 8.74. The average Bonchev–Trinajstić information content (AvgIpc) is 2.67. The molecule has 1 N–H and O–H groups in total. The molecular formula is C23H41N3O2. The lowest BCUT2D eigenvalue weighted by Gasteiger charge is -2.32. The van der Waals surface area contributed by atoms with Crippen molar-refractivity contribution in [2.45, 2.75) is 57.2 Å². The Balaban J connectivity index is 1.72. The SMILES string of the molecule is CN(C)CCCN(C)Cc1cccc(OCC(O)CN(C)C2CCCCC2)c1. The summed E-state index contributed by atoms with van der Waals surface area (Å²) in [5, 5.41) is 10.4. The van der Waals surface area contributed by atoms with Crippen LogP contribution in [-0.4, -0.2) is 86.4 Å². The summed E-state index contributed by atoms with van der Waals surface area (Å²) in [6, 6.07) is 8.88. The molecule has 0 spiro atoms. The maximum atomic E-state index is 10.4. The highest BCUT2D eigenvalue weighted by Crippen LogP contribution is 2.22. The van der Waals surface area contributed by atoms with Crippen LogP contribution in [0.2, 0.25) is 0 Å². The molecule has 1 atom stereocenters.